The molecule has 0 heterocycles. The molecule has 1 unspecified atom stereocenters. The Labute approximate surface area is 86.7 Å². The second-order valence-corrected chi connectivity index (χ2v) is 4.23. The molecule has 1 aliphatic carbocycles. The molecule has 1 aromatic rings. The van der Waals surface area contributed by atoms with Gasteiger partial charge < -0.3 is 0 Å². The van der Waals surface area contributed by atoms with Gasteiger partial charge in [-0.3, -0.25) is 4.79 Å². The zero-order valence-electron chi connectivity index (χ0n) is 7.10. The topological polar surface area (TPSA) is 17.1 Å². The van der Waals surface area contributed by atoms with E-state index in [1.54, 1.807) is 6.07 Å². The fourth-order valence-electron chi connectivity index (χ4n) is 1.73. The largest absolute Gasteiger partial charge is 0.294 e. The molecule has 0 aromatic heterocycles. The summed E-state index contributed by atoms with van der Waals surface area (Å²) in [5, 5.41) is 1.09. The van der Waals surface area contributed by atoms with Gasteiger partial charge in [0.2, 0.25) is 0 Å². The normalized spacial score (nSPS) is 20.5. The SMILES string of the molecule is CC1Cc2cc(Cl)cc(Cl)c2C1=O. The van der Waals surface area contributed by atoms with Gasteiger partial charge in [0.05, 0.1) is 5.02 Å². The number of Topliss-reactive ketones (excluding diaryl/α,β-unsaturated/α-hetero) is 1. The maximum absolute atomic E-state index is 11.6. The summed E-state index contributed by atoms with van der Waals surface area (Å²) in [7, 11) is 0. The van der Waals surface area contributed by atoms with Crippen LogP contribution in [0.2, 0.25) is 10.0 Å². The fraction of sp³-hybridized carbons (Fsp3) is 0.300. The van der Waals surface area contributed by atoms with Crippen molar-refractivity contribution in [2.75, 3.05) is 0 Å². The van der Waals surface area contributed by atoms with Crippen molar-refractivity contribution < 1.29 is 4.79 Å². The lowest BCUT2D eigenvalue weighted by molar-refractivity contribution is 0.0946. The van der Waals surface area contributed by atoms with E-state index < -0.39 is 0 Å². The molecular formula is C10H8Cl2O. The summed E-state index contributed by atoms with van der Waals surface area (Å²) in [5.41, 5.74) is 1.65. The lowest BCUT2D eigenvalue weighted by Gasteiger charge is -2.00. The van der Waals surface area contributed by atoms with E-state index in [-0.39, 0.29) is 11.7 Å². The summed E-state index contributed by atoms with van der Waals surface area (Å²) < 4.78 is 0. The van der Waals surface area contributed by atoms with Crippen LogP contribution >= 0.6 is 23.2 Å². The molecule has 2 rings (SSSR count). The van der Waals surface area contributed by atoms with Gasteiger partial charge in [0.25, 0.3) is 0 Å². The van der Waals surface area contributed by atoms with Gasteiger partial charge in [-0.15, -0.1) is 0 Å². The summed E-state index contributed by atoms with van der Waals surface area (Å²) in [5.74, 6) is 0.183. The molecule has 0 N–H and O–H groups in total. The van der Waals surface area contributed by atoms with Crippen molar-refractivity contribution in [3.63, 3.8) is 0 Å². The molecule has 1 aromatic carbocycles. The number of ketones is 1. The van der Waals surface area contributed by atoms with E-state index in [9.17, 15) is 4.79 Å². The third-order valence-corrected chi connectivity index (χ3v) is 2.87. The van der Waals surface area contributed by atoms with Crippen molar-refractivity contribution >= 4 is 29.0 Å². The van der Waals surface area contributed by atoms with Crippen molar-refractivity contribution in [3.05, 3.63) is 33.3 Å². The molecule has 0 saturated heterocycles. The molecule has 0 saturated carbocycles. The average molecular weight is 215 g/mol. The molecule has 0 amide bonds. The molecule has 3 heteroatoms. The van der Waals surface area contributed by atoms with Crippen LogP contribution in [0, 0.1) is 5.92 Å². The van der Waals surface area contributed by atoms with E-state index in [2.05, 4.69) is 0 Å². The Morgan fingerprint density at radius 2 is 2.08 bits per heavy atom. The van der Waals surface area contributed by atoms with E-state index in [1.165, 1.54) is 0 Å². The first kappa shape index (κ1) is 9.04. The molecule has 13 heavy (non-hydrogen) atoms. The zero-order chi connectivity index (χ0) is 9.59. The van der Waals surface area contributed by atoms with Crippen molar-refractivity contribution in [2.24, 2.45) is 5.92 Å². The van der Waals surface area contributed by atoms with Crippen molar-refractivity contribution in [1.82, 2.24) is 0 Å². The highest BCUT2D eigenvalue weighted by Crippen LogP contribution is 2.34. The Morgan fingerprint density at radius 1 is 1.38 bits per heavy atom. The molecule has 0 aliphatic heterocycles. The van der Waals surface area contributed by atoms with Gasteiger partial charge in [0.1, 0.15) is 0 Å². The standard InChI is InChI=1S/C10H8Cl2O/c1-5-2-6-3-7(11)4-8(12)9(6)10(5)13/h3-5H,2H2,1H3. The Bertz CT molecular complexity index is 385. The maximum atomic E-state index is 11.6. The highest BCUT2D eigenvalue weighted by Gasteiger charge is 2.29. The van der Waals surface area contributed by atoms with Gasteiger partial charge >= 0.3 is 0 Å². The van der Waals surface area contributed by atoms with Gasteiger partial charge in [-0.05, 0) is 24.1 Å². The van der Waals surface area contributed by atoms with Crippen molar-refractivity contribution in [2.45, 2.75) is 13.3 Å². The molecule has 0 fully saturated rings. The van der Waals surface area contributed by atoms with Gasteiger partial charge in [-0.2, -0.15) is 0 Å². The monoisotopic (exact) mass is 214 g/mol. The van der Waals surface area contributed by atoms with Crippen LogP contribution < -0.4 is 0 Å². The number of fused-ring (bicyclic) bond motifs is 1. The predicted octanol–water partition coefficient (Wildman–Crippen LogP) is 3.37. The minimum absolute atomic E-state index is 0.0472. The first-order chi connectivity index (χ1) is 6.09. The highest BCUT2D eigenvalue weighted by molar-refractivity contribution is 6.37. The van der Waals surface area contributed by atoms with Crippen LogP contribution in [0.4, 0.5) is 0 Å². The van der Waals surface area contributed by atoms with E-state index >= 15 is 0 Å². The maximum Gasteiger partial charge on any atom is 0.167 e. The van der Waals surface area contributed by atoms with Gasteiger partial charge in [0, 0.05) is 16.5 Å². The average Bonchev–Trinajstić information content (AvgIpc) is 2.27. The zero-order valence-corrected chi connectivity index (χ0v) is 8.62. The first-order valence-electron chi connectivity index (χ1n) is 4.11. The smallest absolute Gasteiger partial charge is 0.167 e. The number of halogens is 2. The number of hydrogen-bond donors (Lipinski definition) is 0. The van der Waals surface area contributed by atoms with Crippen molar-refractivity contribution in [1.29, 1.82) is 0 Å². The number of hydrogen-bond acceptors (Lipinski definition) is 1. The summed E-state index contributed by atoms with van der Waals surface area (Å²) in [6, 6.07) is 3.45. The van der Waals surface area contributed by atoms with E-state index in [1.807, 2.05) is 13.0 Å². The Balaban J connectivity index is 2.64. The third-order valence-electron chi connectivity index (χ3n) is 2.36. The molecule has 0 spiro atoms. The highest BCUT2D eigenvalue weighted by atomic mass is 35.5. The van der Waals surface area contributed by atoms with E-state index in [0.29, 0.717) is 15.6 Å². The first-order valence-corrected chi connectivity index (χ1v) is 4.87. The number of rotatable bonds is 0. The Kier molecular flexibility index (Phi) is 2.09. The molecule has 1 atom stereocenters. The van der Waals surface area contributed by atoms with Crippen LogP contribution in [0.25, 0.3) is 0 Å². The Morgan fingerprint density at radius 3 is 2.77 bits per heavy atom. The summed E-state index contributed by atoms with van der Waals surface area (Å²) in [6.45, 7) is 1.91. The summed E-state index contributed by atoms with van der Waals surface area (Å²) in [4.78, 5) is 11.6. The van der Waals surface area contributed by atoms with Gasteiger partial charge in [0.15, 0.2) is 5.78 Å². The third kappa shape index (κ3) is 1.36. The minimum Gasteiger partial charge on any atom is -0.294 e. The second kappa shape index (κ2) is 3.00. The van der Waals surface area contributed by atoms with Gasteiger partial charge in [-0.25, -0.2) is 0 Å². The second-order valence-electron chi connectivity index (χ2n) is 3.39. The molecule has 0 bridgehead atoms. The van der Waals surface area contributed by atoms with Crippen LogP contribution in [-0.2, 0) is 6.42 Å². The fourth-order valence-corrected chi connectivity index (χ4v) is 2.36. The predicted molar refractivity (Wildman–Crippen MR) is 53.7 cm³/mol. The summed E-state index contributed by atoms with van der Waals surface area (Å²) >= 11 is 11.8. The van der Waals surface area contributed by atoms with Crippen LogP contribution in [0.5, 0.6) is 0 Å². The number of benzene rings is 1. The van der Waals surface area contributed by atoms with Gasteiger partial charge in [-0.1, -0.05) is 30.1 Å². The van der Waals surface area contributed by atoms with Crippen LogP contribution in [0.1, 0.15) is 22.8 Å². The quantitative estimate of drug-likeness (QED) is 0.648. The molecule has 1 aliphatic rings. The lowest BCUT2D eigenvalue weighted by atomic mass is 10.1. The Hall–Kier alpha value is -0.530. The lowest BCUT2D eigenvalue weighted by Crippen LogP contribution is -2.03. The molecule has 68 valence electrons. The number of carbonyl (C=O) groups is 1. The van der Waals surface area contributed by atoms with Crippen molar-refractivity contribution in [3.8, 4) is 0 Å². The number of carbonyl (C=O) groups excluding carboxylic acids is 1. The van der Waals surface area contributed by atoms with Crippen LogP contribution in [0.15, 0.2) is 12.1 Å². The molecule has 1 nitrogen and oxygen atoms in total. The van der Waals surface area contributed by atoms with Crippen LogP contribution in [0.3, 0.4) is 0 Å². The molecular weight excluding hydrogens is 207 g/mol. The van der Waals surface area contributed by atoms with E-state index in [0.717, 1.165) is 12.0 Å². The minimum atomic E-state index is 0.0472. The molecule has 0 radical (unpaired) electrons. The van der Waals surface area contributed by atoms with E-state index in [4.69, 9.17) is 23.2 Å². The van der Waals surface area contributed by atoms with Crippen LogP contribution in [-0.4, -0.2) is 5.78 Å². The summed E-state index contributed by atoms with van der Waals surface area (Å²) in [6.07, 6.45) is 0.758.